The second-order valence-corrected chi connectivity index (χ2v) is 5.48. The molecule has 0 fully saturated rings. The van der Waals surface area contributed by atoms with Crippen molar-refractivity contribution >= 4 is 33.1 Å². The van der Waals surface area contributed by atoms with Crippen LogP contribution in [-0.2, 0) is 6.42 Å². The van der Waals surface area contributed by atoms with Crippen LogP contribution >= 0.6 is 28.1 Å². The lowest BCUT2D eigenvalue weighted by atomic mass is 10.1. The van der Waals surface area contributed by atoms with Gasteiger partial charge in [0.25, 0.3) is 0 Å². The number of hydrogen-bond acceptors (Lipinski definition) is 3. The molecule has 2 rings (SSSR count). The molecule has 0 radical (unpaired) electrons. The molecule has 0 amide bonds. The molecular formula is C15H14BrNO2S. The van der Waals surface area contributed by atoms with E-state index in [1.165, 1.54) is 0 Å². The molecule has 0 bridgehead atoms. The lowest BCUT2D eigenvalue weighted by Crippen LogP contribution is -2.09. The van der Waals surface area contributed by atoms with Crippen LogP contribution in [0.15, 0.2) is 46.9 Å². The number of para-hydroxylation sites is 1. The zero-order chi connectivity index (χ0) is 14.5. The fourth-order valence-corrected chi connectivity index (χ4v) is 2.70. The molecule has 0 aliphatic rings. The standard InChI is InChI=1S/C15H14BrNO2S/c16-13-9-11(5-6-12(13)15(17)20)19-14-4-2-1-3-10(14)7-8-18/h1-6,9,18H,7-8H2,(H2,17,20). The summed E-state index contributed by atoms with van der Waals surface area (Å²) in [5.74, 6) is 1.42. The molecule has 20 heavy (non-hydrogen) atoms. The summed E-state index contributed by atoms with van der Waals surface area (Å²) in [5.41, 5.74) is 7.35. The average Bonchev–Trinajstić information content (AvgIpc) is 2.41. The molecule has 3 N–H and O–H groups in total. The van der Waals surface area contributed by atoms with Crippen molar-refractivity contribution in [2.45, 2.75) is 6.42 Å². The third kappa shape index (κ3) is 3.56. The zero-order valence-corrected chi connectivity index (χ0v) is 13.1. The first-order valence-corrected chi connectivity index (χ1v) is 7.28. The maximum absolute atomic E-state index is 9.06. The molecule has 0 heterocycles. The SMILES string of the molecule is NC(=S)c1ccc(Oc2ccccc2CCO)cc1Br. The lowest BCUT2D eigenvalue weighted by molar-refractivity contribution is 0.298. The second kappa shape index (κ2) is 6.83. The van der Waals surface area contributed by atoms with Gasteiger partial charge in [-0.1, -0.05) is 30.4 Å². The molecule has 0 aromatic heterocycles. The van der Waals surface area contributed by atoms with Crippen molar-refractivity contribution in [3.8, 4) is 11.5 Å². The number of ether oxygens (including phenoxy) is 1. The molecule has 0 aliphatic carbocycles. The van der Waals surface area contributed by atoms with Crippen molar-refractivity contribution in [2.75, 3.05) is 6.61 Å². The summed E-state index contributed by atoms with van der Waals surface area (Å²) in [6, 6.07) is 13.1. The van der Waals surface area contributed by atoms with Gasteiger partial charge in [0.05, 0.1) is 0 Å². The summed E-state index contributed by atoms with van der Waals surface area (Å²) in [5, 5.41) is 9.06. The molecule has 2 aromatic carbocycles. The van der Waals surface area contributed by atoms with Gasteiger partial charge in [0.1, 0.15) is 16.5 Å². The Kier molecular flexibility index (Phi) is 5.11. The van der Waals surface area contributed by atoms with Crippen LogP contribution in [0.5, 0.6) is 11.5 Å². The Morgan fingerprint density at radius 3 is 2.65 bits per heavy atom. The first-order chi connectivity index (χ1) is 9.61. The van der Waals surface area contributed by atoms with E-state index in [0.29, 0.717) is 17.2 Å². The molecule has 0 spiro atoms. The number of rotatable bonds is 5. The number of aliphatic hydroxyl groups excluding tert-OH is 1. The summed E-state index contributed by atoms with van der Waals surface area (Å²) < 4.78 is 6.65. The highest BCUT2D eigenvalue weighted by Gasteiger charge is 2.07. The van der Waals surface area contributed by atoms with E-state index in [1.54, 1.807) is 0 Å². The average molecular weight is 352 g/mol. The van der Waals surface area contributed by atoms with Crippen LogP contribution < -0.4 is 10.5 Å². The van der Waals surface area contributed by atoms with Gasteiger partial charge in [-0.2, -0.15) is 0 Å². The summed E-state index contributed by atoms with van der Waals surface area (Å²) in [6.45, 7) is 0.0877. The normalized spacial score (nSPS) is 10.3. The fraction of sp³-hybridized carbons (Fsp3) is 0.133. The molecule has 2 aromatic rings. The highest BCUT2D eigenvalue weighted by molar-refractivity contribution is 9.10. The van der Waals surface area contributed by atoms with E-state index >= 15 is 0 Å². The molecule has 5 heteroatoms. The minimum Gasteiger partial charge on any atom is -0.457 e. The quantitative estimate of drug-likeness (QED) is 0.810. The minimum atomic E-state index is 0.0877. The Balaban J connectivity index is 2.26. The summed E-state index contributed by atoms with van der Waals surface area (Å²) in [7, 11) is 0. The predicted molar refractivity (Wildman–Crippen MR) is 87.3 cm³/mol. The van der Waals surface area contributed by atoms with Crippen LogP contribution in [0.2, 0.25) is 0 Å². The third-order valence-corrected chi connectivity index (χ3v) is 3.66. The van der Waals surface area contributed by atoms with Gasteiger partial charge >= 0.3 is 0 Å². The molecule has 104 valence electrons. The van der Waals surface area contributed by atoms with Crippen LogP contribution in [-0.4, -0.2) is 16.7 Å². The maximum Gasteiger partial charge on any atom is 0.130 e. The Labute approximate surface area is 131 Å². The van der Waals surface area contributed by atoms with E-state index in [0.717, 1.165) is 21.3 Å². The molecule has 0 saturated heterocycles. The van der Waals surface area contributed by atoms with Crippen LogP contribution in [0.4, 0.5) is 0 Å². The van der Waals surface area contributed by atoms with Gasteiger partial charge < -0.3 is 15.6 Å². The Bertz CT molecular complexity index is 631. The Morgan fingerprint density at radius 2 is 2.00 bits per heavy atom. The second-order valence-electron chi connectivity index (χ2n) is 4.19. The van der Waals surface area contributed by atoms with Gasteiger partial charge in [-0.25, -0.2) is 0 Å². The van der Waals surface area contributed by atoms with Crippen LogP contribution in [0.25, 0.3) is 0 Å². The Morgan fingerprint density at radius 1 is 1.25 bits per heavy atom. The van der Waals surface area contributed by atoms with Crippen molar-refractivity contribution in [3.63, 3.8) is 0 Å². The predicted octanol–water partition coefficient (Wildman–Crippen LogP) is 3.41. The van der Waals surface area contributed by atoms with Crippen LogP contribution in [0.1, 0.15) is 11.1 Å². The van der Waals surface area contributed by atoms with Crippen molar-refractivity contribution in [1.82, 2.24) is 0 Å². The minimum absolute atomic E-state index is 0.0877. The van der Waals surface area contributed by atoms with E-state index in [4.69, 9.17) is 27.8 Å². The van der Waals surface area contributed by atoms with Crippen molar-refractivity contribution in [3.05, 3.63) is 58.1 Å². The van der Waals surface area contributed by atoms with E-state index in [2.05, 4.69) is 15.9 Å². The molecule has 3 nitrogen and oxygen atoms in total. The van der Waals surface area contributed by atoms with Crippen molar-refractivity contribution in [2.24, 2.45) is 5.73 Å². The number of thiocarbonyl (C=S) groups is 1. The van der Waals surface area contributed by atoms with Gasteiger partial charge in [0.2, 0.25) is 0 Å². The summed E-state index contributed by atoms with van der Waals surface area (Å²) in [4.78, 5) is 0.337. The van der Waals surface area contributed by atoms with E-state index in [9.17, 15) is 0 Å². The van der Waals surface area contributed by atoms with Crippen LogP contribution in [0.3, 0.4) is 0 Å². The zero-order valence-electron chi connectivity index (χ0n) is 10.7. The van der Waals surface area contributed by atoms with Crippen molar-refractivity contribution < 1.29 is 9.84 Å². The number of halogens is 1. The molecular weight excluding hydrogens is 338 g/mol. The third-order valence-electron chi connectivity index (χ3n) is 2.79. The lowest BCUT2D eigenvalue weighted by Gasteiger charge is -2.11. The van der Waals surface area contributed by atoms with Gasteiger partial charge in [0.15, 0.2) is 0 Å². The fourth-order valence-electron chi connectivity index (χ4n) is 1.82. The number of benzene rings is 2. The van der Waals surface area contributed by atoms with Crippen LogP contribution in [0, 0.1) is 0 Å². The molecule has 0 aliphatic heterocycles. The monoisotopic (exact) mass is 351 g/mol. The summed E-state index contributed by atoms with van der Waals surface area (Å²) >= 11 is 8.38. The molecule has 0 saturated carbocycles. The first kappa shape index (κ1) is 15.0. The topological polar surface area (TPSA) is 55.5 Å². The largest absolute Gasteiger partial charge is 0.457 e. The number of nitrogens with two attached hydrogens (primary N) is 1. The highest BCUT2D eigenvalue weighted by atomic mass is 79.9. The molecule has 0 atom stereocenters. The van der Waals surface area contributed by atoms with Gasteiger partial charge in [0, 0.05) is 16.6 Å². The first-order valence-electron chi connectivity index (χ1n) is 6.08. The number of hydrogen-bond donors (Lipinski definition) is 2. The van der Waals surface area contributed by atoms with Crippen molar-refractivity contribution in [1.29, 1.82) is 0 Å². The molecule has 0 unspecified atom stereocenters. The van der Waals surface area contributed by atoms with E-state index in [-0.39, 0.29) is 6.61 Å². The van der Waals surface area contributed by atoms with E-state index in [1.807, 2.05) is 42.5 Å². The summed E-state index contributed by atoms with van der Waals surface area (Å²) in [6.07, 6.45) is 0.558. The van der Waals surface area contributed by atoms with E-state index < -0.39 is 0 Å². The number of aliphatic hydroxyl groups is 1. The van der Waals surface area contributed by atoms with Gasteiger partial charge in [-0.3, -0.25) is 0 Å². The maximum atomic E-state index is 9.06. The smallest absolute Gasteiger partial charge is 0.130 e. The Hall–Kier alpha value is -1.43. The van der Waals surface area contributed by atoms with Gasteiger partial charge in [-0.15, -0.1) is 0 Å². The van der Waals surface area contributed by atoms with Gasteiger partial charge in [-0.05, 0) is 52.2 Å². The highest BCUT2D eigenvalue weighted by Crippen LogP contribution is 2.29.